The summed E-state index contributed by atoms with van der Waals surface area (Å²) in [5, 5.41) is 11.5. The molecule has 1 aliphatic heterocycles. The van der Waals surface area contributed by atoms with Gasteiger partial charge in [0.05, 0.1) is 6.61 Å². The van der Waals surface area contributed by atoms with Gasteiger partial charge in [-0.3, -0.25) is 4.79 Å². The second-order valence-corrected chi connectivity index (χ2v) is 4.12. The molecule has 1 aliphatic rings. The molecule has 0 radical (unpaired) electrons. The molecular weight excluding hydrogens is 218 g/mol. The van der Waals surface area contributed by atoms with E-state index < -0.39 is 0 Å². The van der Waals surface area contributed by atoms with Crippen molar-refractivity contribution in [1.82, 2.24) is 0 Å². The largest absolute Gasteiger partial charge is 0.396 e. The Labute approximate surface area is 101 Å². The van der Waals surface area contributed by atoms with Gasteiger partial charge in [0, 0.05) is 25.3 Å². The number of carbonyl (C=O) groups is 1. The van der Waals surface area contributed by atoms with Crippen molar-refractivity contribution in [3.8, 4) is 0 Å². The molecule has 0 bridgehead atoms. The molecule has 4 heteroatoms. The van der Waals surface area contributed by atoms with Gasteiger partial charge >= 0.3 is 0 Å². The number of carbonyl (C=O) groups excluding carboxylic acids is 1. The van der Waals surface area contributed by atoms with Crippen molar-refractivity contribution in [2.24, 2.45) is 0 Å². The first-order valence-corrected chi connectivity index (χ1v) is 5.90. The number of fused-ring (bicyclic) bond motifs is 1. The van der Waals surface area contributed by atoms with Crippen LogP contribution in [0.15, 0.2) is 18.2 Å². The summed E-state index contributed by atoms with van der Waals surface area (Å²) in [5.74, 6) is 0.0795. The number of ether oxygens (including phenoxy) is 1. The molecule has 0 aromatic heterocycles. The molecule has 1 amide bonds. The molecule has 0 unspecified atom stereocenters. The second kappa shape index (κ2) is 5.80. The fraction of sp³-hybridized carbons (Fsp3) is 0.462. The van der Waals surface area contributed by atoms with E-state index in [4.69, 9.17) is 9.84 Å². The molecule has 1 aromatic rings. The molecule has 0 atom stereocenters. The summed E-state index contributed by atoms with van der Waals surface area (Å²) in [5.41, 5.74) is 3.21. The smallest absolute Gasteiger partial charge is 0.224 e. The predicted molar refractivity (Wildman–Crippen MR) is 64.8 cm³/mol. The quantitative estimate of drug-likeness (QED) is 0.760. The fourth-order valence-electron chi connectivity index (χ4n) is 1.98. The van der Waals surface area contributed by atoms with Crippen LogP contribution in [0.1, 0.15) is 24.0 Å². The zero-order chi connectivity index (χ0) is 12.1. The highest BCUT2D eigenvalue weighted by Crippen LogP contribution is 2.26. The Morgan fingerprint density at radius 1 is 1.35 bits per heavy atom. The molecule has 17 heavy (non-hydrogen) atoms. The lowest BCUT2D eigenvalue weighted by Gasteiger charge is -2.19. The molecular formula is C13H17NO3. The van der Waals surface area contributed by atoms with E-state index >= 15 is 0 Å². The Morgan fingerprint density at radius 2 is 2.24 bits per heavy atom. The van der Waals surface area contributed by atoms with E-state index in [1.807, 2.05) is 18.2 Å². The first kappa shape index (κ1) is 12.1. The second-order valence-electron chi connectivity index (χ2n) is 4.12. The maximum Gasteiger partial charge on any atom is 0.224 e. The number of amides is 1. The van der Waals surface area contributed by atoms with Gasteiger partial charge in [-0.2, -0.15) is 0 Å². The maximum atomic E-state index is 11.3. The third kappa shape index (κ3) is 3.05. The number of rotatable bonds is 5. The lowest BCUT2D eigenvalue weighted by molar-refractivity contribution is -0.116. The molecule has 2 rings (SSSR count). The fourth-order valence-corrected chi connectivity index (χ4v) is 1.98. The summed E-state index contributed by atoms with van der Waals surface area (Å²) in [6.45, 7) is 1.26. The Morgan fingerprint density at radius 3 is 3.06 bits per heavy atom. The molecule has 0 saturated carbocycles. The first-order chi connectivity index (χ1) is 8.31. The summed E-state index contributed by atoms with van der Waals surface area (Å²) in [4.78, 5) is 11.3. The van der Waals surface area contributed by atoms with Gasteiger partial charge in [0.2, 0.25) is 5.91 Å². The summed E-state index contributed by atoms with van der Waals surface area (Å²) in [6.07, 6.45) is 1.98. The van der Waals surface area contributed by atoms with Crippen LogP contribution < -0.4 is 5.32 Å². The lowest BCUT2D eigenvalue weighted by Crippen LogP contribution is -2.20. The minimum absolute atomic E-state index is 0.0795. The molecule has 4 nitrogen and oxygen atoms in total. The summed E-state index contributed by atoms with van der Waals surface area (Å²) in [6, 6.07) is 5.87. The van der Waals surface area contributed by atoms with Crippen LogP contribution in [0.3, 0.4) is 0 Å². The normalized spacial score (nSPS) is 14.3. The van der Waals surface area contributed by atoms with Gasteiger partial charge < -0.3 is 15.2 Å². The van der Waals surface area contributed by atoms with Gasteiger partial charge in [0.25, 0.3) is 0 Å². The highest BCUT2D eigenvalue weighted by molar-refractivity contribution is 5.94. The van der Waals surface area contributed by atoms with Crippen LogP contribution >= 0.6 is 0 Å². The number of aliphatic hydroxyl groups is 1. The van der Waals surface area contributed by atoms with E-state index in [0.29, 0.717) is 26.1 Å². The topological polar surface area (TPSA) is 58.6 Å². The standard InChI is InChI=1S/C13H17NO3/c15-7-2-8-17-9-10-3-1-4-12-11(10)5-6-13(16)14-12/h1,3-4,15H,2,5-9H2,(H,14,16). The lowest BCUT2D eigenvalue weighted by atomic mass is 9.98. The van der Waals surface area contributed by atoms with Crippen LogP contribution in [0.4, 0.5) is 5.69 Å². The molecule has 0 fully saturated rings. The highest BCUT2D eigenvalue weighted by atomic mass is 16.5. The molecule has 1 aromatic carbocycles. The number of nitrogens with one attached hydrogen (secondary N) is 1. The number of benzene rings is 1. The van der Waals surface area contributed by atoms with Gasteiger partial charge in [-0.1, -0.05) is 12.1 Å². The van der Waals surface area contributed by atoms with Crippen LogP contribution in [0.25, 0.3) is 0 Å². The number of hydrogen-bond donors (Lipinski definition) is 2. The average molecular weight is 235 g/mol. The van der Waals surface area contributed by atoms with Crippen LogP contribution in [0.5, 0.6) is 0 Å². The van der Waals surface area contributed by atoms with Crippen molar-refractivity contribution >= 4 is 11.6 Å². The van der Waals surface area contributed by atoms with E-state index in [2.05, 4.69) is 5.32 Å². The van der Waals surface area contributed by atoms with Crippen LogP contribution in [-0.4, -0.2) is 24.2 Å². The van der Waals surface area contributed by atoms with Crippen molar-refractivity contribution in [2.75, 3.05) is 18.5 Å². The number of anilines is 1. The van der Waals surface area contributed by atoms with Gasteiger partial charge in [0.1, 0.15) is 0 Å². The Hall–Kier alpha value is -1.39. The van der Waals surface area contributed by atoms with E-state index in [-0.39, 0.29) is 12.5 Å². The molecule has 1 heterocycles. The van der Waals surface area contributed by atoms with Gasteiger partial charge in [0.15, 0.2) is 0 Å². The highest BCUT2D eigenvalue weighted by Gasteiger charge is 2.17. The zero-order valence-corrected chi connectivity index (χ0v) is 9.74. The zero-order valence-electron chi connectivity index (χ0n) is 9.74. The molecule has 0 aliphatic carbocycles. The third-order valence-electron chi connectivity index (χ3n) is 2.85. The number of aliphatic hydroxyl groups excluding tert-OH is 1. The predicted octanol–water partition coefficient (Wildman–Crippen LogP) is 1.47. The minimum Gasteiger partial charge on any atom is -0.396 e. The van der Waals surface area contributed by atoms with Crippen molar-refractivity contribution < 1.29 is 14.6 Å². The summed E-state index contributed by atoms with van der Waals surface area (Å²) in [7, 11) is 0. The molecule has 0 spiro atoms. The third-order valence-corrected chi connectivity index (χ3v) is 2.85. The monoisotopic (exact) mass is 235 g/mol. The van der Waals surface area contributed by atoms with Crippen molar-refractivity contribution in [3.05, 3.63) is 29.3 Å². The number of hydrogen-bond acceptors (Lipinski definition) is 3. The van der Waals surface area contributed by atoms with Crippen LogP contribution in [-0.2, 0) is 22.6 Å². The van der Waals surface area contributed by atoms with E-state index in [9.17, 15) is 4.79 Å². The molecule has 0 saturated heterocycles. The van der Waals surface area contributed by atoms with Crippen LogP contribution in [0, 0.1) is 0 Å². The van der Waals surface area contributed by atoms with E-state index in [0.717, 1.165) is 17.7 Å². The molecule has 92 valence electrons. The maximum absolute atomic E-state index is 11.3. The van der Waals surface area contributed by atoms with Gasteiger partial charge in [-0.05, 0) is 30.0 Å². The van der Waals surface area contributed by atoms with Gasteiger partial charge in [-0.25, -0.2) is 0 Å². The van der Waals surface area contributed by atoms with E-state index in [1.165, 1.54) is 5.56 Å². The van der Waals surface area contributed by atoms with Crippen molar-refractivity contribution in [2.45, 2.75) is 25.9 Å². The Kier molecular flexibility index (Phi) is 4.12. The minimum atomic E-state index is 0.0795. The van der Waals surface area contributed by atoms with Crippen LogP contribution in [0.2, 0.25) is 0 Å². The Bertz CT molecular complexity index is 404. The molecule has 2 N–H and O–H groups in total. The SMILES string of the molecule is O=C1CCc2c(COCCCO)cccc2N1. The Balaban J connectivity index is 2.02. The van der Waals surface area contributed by atoms with Crippen molar-refractivity contribution in [3.63, 3.8) is 0 Å². The summed E-state index contributed by atoms with van der Waals surface area (Å²) >= 11 is 0. The first-order valence-electron chi connectivity index (χ1n) is 5.90. The average Bonchev–Trinajstić information content (AvgIpc) is 2.34. The van der Waals surface area contributed by atoms with Crippen molar-refractivity contribution in [1.29, 1.82) is 0 Å². The summed E-state index contributed by atoms with van der Waals surface area (Å²) < 4.78 is 5.48. The van der Waals surface area contributed by atoms with E-state index in [1.54, 1.807) is 0 Å². The van der Waals surface area contributed by atoms with Gasteiger partial charge in [-0.15, -0.1) is 0 Å².